The first kappa shape index (κ1) is 20.4. The molecule has 4 amide bonds. The van der Waals surface area contributed by atoms with Crippen LogP contribution in [0, 0.1) is 0 Å². The summed E-state index contributed by atoms with van der Waals surface area (Å²) in [6.07, 6.45) is 4.57. The maximum atomic E-state index is 13.1. The Morgan fingerprint density at radius 3 is 2.77 bits per heavy atom. The van der Waals surface area contributed by atoms with E-state index in [-0.39, 0.29) is 5.75 Å². The zero-order chi connectivity index (χ0) is 21.1. The monoisotopic (exact) mass is 428 g/mol. The fraction of sp³-hybridized carbons (Fsp3) is 0.450. The summed E-state index contributed by atoms with van der Waals surface area (Å²) in [4.78, 5) is 38.0. The van der Waals surface area contributed by atoms with Crippen LogP contribution in [0.15, 0.2) is 35.5 Å². The molecule has 3 heterocycles. The molecule has 158 valence electrons. The Bertz CT molecular complexity index is 963. The molecule has 0 saturated carbocycles. The van der Waals surface area contributed by atoms with Crippen molar-refractivity contribution in [2.24, 2.45) is 0 Å². The first-order valence-corrected chi connectivity index (χ1v) is 11.1. The van der Waals surface area contributed by atoms with Gasteiger partial charge in [0, 0.05) is 13.0 Å². The molecule has 0 bridgehead atoms. The summed E-state index contributed by atoms with van der Waals surface area (Å²) in [5.74, 6) is 0.0325. The maximum absolute atomic E-state index is 13.1. The van der Waals surface area contributed by atoms with Crippen molar-refractivity contribution >= 4 is 29.6 Å². The summed E-state index contributed by atoms with van der Waals surface area (Å²) >= 11 is 1.25. The molecule has 1 aromatic carbocycles. The molecule has 4 rings (SSSR count). The Kier molecular flexibility index (Phi) is 5.76. The second-order valence-corrected chi connectivity index (χ2v) is 8.32. The number of amides is 4. The fourth-order valence-electron chi connectivity index (χ4n) is 3.89. The molecule has 1 saturated heterocycles. The maximum Gasteiger partial charge on any atom is 0.344 e. The number of imide groups is 1. The number of nitrogens with zero attached hydrogens (tertiary/aromatic N) is 4. The molecule has 2 aliphatic heterocycles. The minimum atomic E-state index is -1.18. The SMILES string of the molecule is CC[C@@]1(c2ccccc2)NC(=O)N(NC(=O)CSc2nnc3n2CCCCC3)C1=O. The largest absolute Gasteiger partial charge is 0.344 e. The van der Waals surface area contributed by atoms with Gasteiger partial charge in [0.2, 0.25) is 5.91 Å². The van der Waals surface area contributed by atoms with E-state index in [4.69, 9.17) is 0 Å². The molecule has 1 aromatic heterocycles. The number of nitrogens with one attached hydrogen (secondary N) is 2. The number of hydrogen-bond donors (Lipinski definition) is 2. The van der Waals surface area contributed by atoms with Gasteiger partial charge in [-0.05, 0) is 24.8 Å². The van der Waals surface area contributed by atoms with E-state index in [9.17, 15) is 14.4 Å². The number of benzene rings is 1. The van der Waals surface area contributed by atoms with Crippen molar-refractivity contribution in [3.63, 3.8) is 0 Å². The van der Waals surface area contributed by atoms with Gasteiger partial charge in [0.15, 0.2) is 5.16 Å². The summed E-state index contributed by atoms with van der Waals surface area (Å²) < 4.78 is 2.05. The number of aryl methyl sites for hydroxylation is 1. The summed E-state index contributed by atoms with van der Waals surface area (Å²) in [6, 6.07) is 8.41. The van der Waals surface area contributed by atoms with E-state index in [2.05, 4.69) is 25.5 Å². The van der Waals surface area contributed by atoms with Crippen LogP contribution in [-0.4, -0.2) is 43.4 Å². The molecule has 10 heteroatoms. The molecule has 0 radical (unpaired) electrons. The summed E-state index contributed by atoms with van der Waals surface area (Å²) in [7, 11) is 0. The highest BCUT2D eigenvalue weighted by Crippen LogP contribution is 2.31. The molecule has 0 aliphatic carbocycles. The van der Waals surface area contributed by atoms with E-state index in [0.717, 1.165) is 43.1 Å². The molecule has 2 N–H and O–H groups in total. The Hall–Kier alpha value is -2.88. The summed E-state index contributed by atoms with van der Waals surface area (Å²) in [5, 5.41) is 12.6. The number of hydrogen-bond acceptors (Lipinski definition) is 6. The lowest BCUT2D eigenvalue weighted by Crippen LogP contribution is -2.49. The average Bonchev–Trinajstić information content (AvgIpc) is 3.14. The minimum absolute atomic E-state index is 0.0274. The van der Waals surface area contributed by atoms with Gasteiger partial charge in [0.05, 0.1) is 5.75 Å². The average molecular weight is 429 g/mol. The first-order valence-electron chi connectivity index (χ1n) is 10.1. The van der Waals surface area contributed by atoms with Crippen molar-refractivity contribution in [2.45, 2.75) is 56.3 Å². The standard InChI is InChI=1S/C20H24N6O3S/c1-2-20(14-9-5-3-6-10-14)17(28)26(18(29)21-20)24-16(27)13-30-19-23-22-15-11-7-4-8-12-25(15)19/h3,5-6,9-10H,2,4,7-8,11-13H2,1H3,(H,21,29)(H,24,27)/t20-/m0/s1. The van der Waals surface area contributed by atoms with Crippen molar-refractivity contribution in [3.8, 4) is 0 Å². The Labute approximate surface area is 178 Å². The molecular weight excluding hydrogens is 404 g/mol. The minimum Gasteiger partial charge on any atom is -0.318 e. The van der Waals surface area contributed by atoms with E-state index in [1.54, 1.807) is 12.1 Å². The molecular formula is C20H24N6O3S. The number of carbonyl (C=O) groups is 3. The topological polar surface area (TPSA) is 109 Å². The van der Waals surface area contributed by atoms with Crippen LogP contribution in [0.3, 0.4) is 0 Å². The predicted octanol–water partition coefficient (Wildman–Crippen LogP) is 1.99. The number of fused-ring (bicyclic) bond motifs is 1. The van der Waals surface area contributed by atoms with E-state index < -0.39 is 23.4 Å². The van der Waals surface area contributed by atoms with Crippen molar-refractivity contribution in [1.29, 1.82) is 0 Å². The lowest BCUT2D eigenvalue weighted by molar-refractivity contribution is -0.138. The normalized spacial score (nSPS) is 21.2. The quantitative estimate of drug-likeness (QED) is 0.538. The smallest absolute Gasteiger partial charge is 0.318 e. The summed E-state index contributed by atoms with van der Waals surface area (Å²) in [5.41, 5.74) is 1.95. The third-order valence-corrected chi connectivity index (χ3v) is 6.50. The van der Waals surface area contributed by atoms with Crippen LogP contribution < -0.4 is 10.7 Å². The van der Waals surface area contributed by atoms with Crippen LogP contribution in [-0.2, 0) is 28.1 Å². The second-order valence-electron chi connectivity index (χ2n) is 7.38. The summed E-state index contributed by atoms with van der Waals surface area (Å²) in [6.45, 7) is 2.67. The van der Waals surface area contributed by atoms with Gasteiger partial charge in [0.1, 0.15) is 11.4 Å². The van der Waals surface area contributed by atoms with Gasteiger partial charge in [-0.15, -0.1) is 10.2 Å². The molecule has 30 heavy (non-hydrogen) atoms. The highest BCUT2D eigenvalue weighted by atomic mass is 32.2. The highest BCUT2D eigenvalue weighted by Gasteiger charge is 2.52. The third-order valence-electron chi connectivity index (χ3n) is 5.53. The van der Waals surface area contributed by atoms with Crippen LogP contribution in [0.5, 0.6) is 0 Å². The van der Waals surface area contributed by atoms with Gasteiger partial charge in [0.25, 0.3) is 5.91 Å². The Morgan fingerprint density at radius 1 is 1.20 bits per heavy atom. The lowest BCUT2D eigenvalue weighted by atomic mass is 9.87. The van der Waals surface area contributed by atoms with Crippen LogP contribution in [0.2, 0.25) is 0 Å². The number of rotatable bonds is 6. The Balaban J connectivity index is 1.42. The van der Waals surface area contributed by atoms with E-state index in [1.807, 2.05) is 25.1 Å². The molecule has 1 atom stereocenters. The van der Waals surface area contributed by atoms with Crippen molar-refractivity contribution in [1.82, 2.24) is 30.5 Å². The van der Waals surface area contributed by atoms with Crippen molar-refractivity contribution in [3.05, 3.63) is 41.7 Å². The first-order chi connectivity index (χ1) is 14.5. The highest BCUT2D eigenvalue weighted by molar-refractivity contribution is 7.99. The van der Waals surface area contributed by atoms with E-state index in [1.165, 1.54) is 11.8 Å². The number of aromatic nitrogens is 3. The van der Waals surface area contributed by atoms with Gasteiger partial charge in [-0.1, -0.05) is 55.4 Å². The van der Waals surface area contributed by atoms with Gasteiger partial charge in [-0.2, -0.15) is 5.01 Å². The van der Waals surface area contributed by atoms with Crippen LogP contribution >= 0.6 is 11.8 Å². The van der Waals surface area contributed by atoms with E-state index in [0.29, 0.717) is 17.1 Å². The van der Waals surface area contributed by atoms with Gasteiger partial charge in [-0.3, -0.25) is 15.0 Å². The number of thioether (sulfide) groups is 1. The van der Waals surface area contributed by atoms with Crippen LogP contribution in [0.4, 0.5) is 4.79 Å². The molecule has 2 aliphatic rings. The Morgan fingerprint density at radius 2 is 2.00 bits per heavy atom. The lowest BCUT2D eigenvalue weighted by Gasteiger charge is -2.25. The number of urea groups is 1. The fourth-order valence-corrected chi connectivity index (χ4v) is 4.67. The van der Waals surface area contributed by atoms with Crippen LogP contribution in [0.1, 0.15) is 44.0 Å². The predicted molar refractivity (Wildman–Crippen MR) is 110 cm³/mol. The van der Waals surface area contributed by atoms with E-state index >= 15 is 0 Å². The van der Waals surface area contributed by atoms with Crippen molar-refractivity contribution < 1.29 is 14.4 Å². The van der Waals surface area contributed by atoms with Gasteiger partial charge in [-0.25, -0.2) is 4.79 Å². The molecule has 9 nitrogen and oxygen atoms in total. The molecule has 0 unspecified atom stereocenters. The van der Waals surface area contributed by atoms with Crippen molar-refractivity contribution in [2.75, 3.05) is 5.75 Å². The molecule has 0 spiro atoms. The third kappa shape index (κ3) is 3.67. The van der Waals surface area contributed by atoms with Gasteiger partial charge >= 0.3 is 6.03 Å². The zero-order valence-electron chi connectivity index (χ0n) is 16.8. The molecule has 1 fully saturated rings. The second kappa shape index (κ2) is 8.47. The molecule has 2 aromatic rings. The zero-order valence-corrected chi connectivity index (χ0v) is 17.6. The van der Waals surface area contributed by atoms with Gasteiger partial charge < -0.3 is 9.88 Å². The van der Waals surface area contributed by atoms with Crippen LogP contribution in [0.25, 0.3) is 0 Å². The number of carbonyl (C=O) groups excluding carboxylic acids is 3. The number of hydrazine groups is 1.